The molecule has 21 heavy (non-hydrogen) atoms. The summed E-state index contributed by atoms with van der Waals surface area (Å²) in [6.07, 6.45) is 0. The van der Waals surface area contributed by atoms with Gasteiger partial charge in [0.2, 0.25) is 0 Å². The van der Waals surface area contributed by atoms with Crippen LogP contribution in [0.3, 0.4) is 0 Å². The number of non-ortho nitro benzene ring substituents is 1. The van der Waals surface area contributed by atoms with Crippen LogP contribution >= 0.6 is 11.8 Å². The van der Waals surface area contributed by atoms with E-state index in [4.69, 9.17) is 11.1 Å². The first-order valence-electron chi connectivity index (χ1n) is 6.00. The van der Waals surface area contributed by atoms with Gasteiger partial charge in [0.05, 0.1) is 16.2 Å². The van der Waals surface area contributed by atoms with Crippen LogP contribution in [0, 0.1) is 29.4 Å². The van der Waals surface area contributed by atoms with Crippen molar-refractivity contribution < 1.29 is 4.92 Å². The van der Waals surface area contributed by atoms with Crippen LogP contribution in [0.15, 0.2) is 34.2 Å². The highest BCUT2D eigenvalue weighted by Gasteiger charge is 2.15. The molecule has 1 aromatic heterocycles. The molecule has 0 radical (unpaired) electrons. The first-order valence-corrected chi connectivity index (χ1v) is 6.82. The number of rotatable bonds is 4. The molecular formula is C13H13N5O2S. The van der Waals surface area contributed by atoms with E-state index >= 15 is 0 Å². The van der Waals surface area contributed by atoms with Gasteiger partial charge < -0.3 is 5.73 Å². The fraction of sp³-hybridized carbons (Fsp3) is 0.154. The summed E-state index contributed by atoms with van der Waals surface area (Å²) in [4.78, 5) is 10.9. The summed E-state index contributed by atoms with van der Waals surface area (Å²) >= 11 is 1.27. The Labute approximate surface area is 125 Å². The minimum atomic E-state index is -0.453. The molecule has 0 saturated heterocycles. The maximum Gasteiger partial charge on any atom is 0.269 e. The van der Waals surface area contributed by atoms with Crippen molar-refractivity contribution in [2.24, 2.45) is 5.73 Å². The molecule has 0 saturated carbocycles. The molecule has 2 rings (SSSR count). The van der Waals surface area contributed by atoms with Crippen molar-refractivity contribution in [3.8, 4) is 0 Å². The first-order chi connectivity index (χ1) is 9.90. The van der Waals surface area contributed by atoms with Crippen molar-refractivity contribution in [3.63, 3.8) is 0 Å². The van der Waals surface area contributed by atoms with E-state index in [0.29, 0.717) is 16.3 Å². The van der Waals surface area contributed by atoms with Gasteiger partial charge in [0.1, 0.15) is 10.9 Å². The molecule has 2 aromatic rings. The van der Waals surface area contributed by atoms with Gasteiger partial charge in [0.25, 0.3) is 5.69 Å². The molecule has 3 N–H and O–H groups in total. The maximum atomic E-state index is 10.6. The Bertz CT molecular complexity index is 715. The molecule has 0 fully saturated rings. The van der Waals surface area contributed by atoms with Crippen LogP contribution in [0.5, 0.6) is 0 Å². The van der Waals surface area contributed by atoms with Gasteiger partial charge in [-0.3, -0.25) is 15.5 Å². The summed E-state index contributed by atoms with van der Waals surface area (Å²) in [5.41, 5.74) is 7.71. The molecule has 0 unspecified atom stereocenters. The van der Waals surface area contributed by atoms with Crippen LogP contribution in [0.2, 0.25) is 0 Å². The zero-order chi connectivity index (χ0) is 15.6. The lowest BCUT2D eigenvalue weighted by atomic mass is 10.1. The van der Waals surface area contributed by atoms with Gasteiger partial charge in [-0.15, -0.1) is 5.10 Å². The van der Waals surface area contributed by atoms with E-state index in [9.17, 15) is 10.1 Å². The van der Waals surface area contributed by atoms with Gasteiger partial charge in [-0.05, 0) is 31.5 Å². The number of nitrogens with zero attached hydrogens (tertiary/aromatic N) is 3. The second kappa shape index (κ2) is 5.88. The SMILES string of the molecule is Cc1nnc(Sc2ccc([N+](=O)[O-])cc2)c(C(=N)N)c1C. The largest absolute Gasteiger partial charge is 0.384 e. The third-order valence-corrected chi connectivity index (χ3v) is 3.94. The number of nitrogens with two attached hydrogens (primary N) is 1. The van der Waals surface area contributed by atoms with Crippen LogP contribution < -0.4 is 5.73 Å². The predicted octanol–water partition coefficient (Wildman–Crippen LogP) is 2.44. The number of nitro groups is 1. The predicted molar refractivity (Wildman–Crippen MR) is 79.7 cm³/mol. The molecule has 1 aromatic carbocycles. The van der Waals surface area contributed by atoms with Crippen molar-refractivity contribution in [3.05, 3.63) is 51.2 Å². The van der Waals surface area contributed by atoms with Crippen molar-refractivity contribution in [2.45, 2.75) is 23.8 Å². The Morgan fingerprint density at radius 2 is 1.90 bits per heavy atom. The van der Waals surface area contributed by atoms with Crippen molar-refractivity contribution in [1.29, 1.82) is 5.41 Å². The molecule has 0 aliphatic rings. The monoisotopic (exact) mass is 303 g/mol. The minimum Gasteiger partial charge on any atom is -0.384 e. The lowest BCUT2D eigenvalue weighted by Gasteiger charge is -2.10. The molecule has 0 bridgehead atoms. The zero-order valence-electron chi connectivity index (χ0n) is 11.5. The fourth-order valence-electron chi connectivity index (χ4n) is 1.72. The Balaban J connectivity index is 2.37. The molecule has 7 nitrogen and oxygen atoms in total. The number of nitrogen functional groups attached to an aromatic ring is 1. The van der Waals surface area contributed by atoms with Gasteiger partial charge in [0.15, 0.2) is 0 Å². The number of hydrogen-bond acceptors (Lipinski definition) is 6. The highest BCUT2D eigenvalue weighted by Crippen LogP contribution is 2.31. The Kier molecular flexibility index (Phi) is 4.18. The molecule has 1 heterocycles. The third kappa shape index (κ3) is 3.16. The van der Waals surface area contributed by atoms with E-state index in [1.54, 1.807) is 19.1 Å². The molecule has 0 amide bonds. The van der Waals surface area contributed by atoms with Crippen LogP contribution in [0.1, 0.15) is 16.8 Å². The summed E-state index contributed by atoms with van der Waals surface area (Å²) in [5, 5.41) is 26.9. The molecule has 8 heteroatoms. The first kappa shape index (κ1) is 14.9. The minimum absolute atomic E-state index is 0.0253. The van der Waals surface area contributed by atoms with Crippen LogP contribution in [0.4, 0.5) is 5.69 Å². The summed E-state index contributed by atoms with van der Waals surface area (Å²) in [6.45, 7) is 3.63. The number of nitro benzene ring substituents is 1. The van der Waals surface area contributed by atoms with Gasteiger partial charge in [0, 0.05) is 17.0 Å². The third-order valence-electron chi connectivity index (χ3n) is 2.95. The smallest absolute Gasteiger partial charge is 0.269 e. The van der Waals surface area contributed by atoms with E-state index in [1.165, 1.54) is 23.9 Å². The van der Waals surface area contributed by atoms with E-state index in [-0.39, 0.29) is 11.5 Å². The Morgan fingerprint density at radius 1 is 1.29 bits per heavy atom. The number of nitrogens with one attached hydrogen (secondary N) is 1. The summed E-state index contributed by atoms with van der Waals surface area (Å²) in [5.74, 6) is -0.0742. The topological polar surface area (TPSA) is 119 Å². The molecule has 108 valence electrons. The highest BCUT2D eigenvalue weighted by molar-refractivity contribution is 7.99. The van der Waals surface area contributed by atoms with Gasteiger partial charge >= 0.3 is 0 Å². The summed E-state index contributed by atoms with van der Waals surface area (Å²) < 4.78 is 0. The molecule has 0 aliphatic heterocycles. The standard InChI is InChI=1S/C13H13N5O2S/c1-7-8(2)16-17-13(11(7)12(14)15)21-10-5-3-9(4-6-10)18(19)20/h3-6H,1-2H3,(H3,14,15). The second-order valence-electron chi connectivity index (χ2n) is 4.36. The molecule has 0 spiro atoms. The lowest BCUT2D eigenvalue weighted by Crippen LogP contribution is -2.16. The van der Waals surface area contributed by atoms with Crippen LogP contribution in [-0.2, 0) is 0 Å². The van der Waals surface area contributed by atoms with Crippen molar-refractivity contribution in [1.82, 2.24) is 10.2 Å². The number of hydrogen-bond donors (Lipinski definition) is 2. The van der Waals surface area contributed by atoms with Gasteiger partial charge in [-0.2, -0.15) is 5.10 Å². The van der Waals surface area contributed by atoms with E-state index in [1.807, 2.05) is 6.92 Å². The average Bonchev–Trinajstić information content (AvgIpc) is 2.43. The van der Waals surface area contributed by atoms with Gasteiger partial charge in [-0.25, -0.2) is 0 Å². The van der Waals surface area contributed by atoms with Gasteiger partial charge in [-0.1, -0.05) is 11.8 Å². The normalized spacial score (nSPS) is 10.4. The Morgan fingerprint density at radius 3 is 2.43 bits per heavy atom. The van der Waals surface area contributed by atoms with Crippen LogP contribution in [0.25, 0.3) is 0 Å². The second-order valence-corrected chi connectivity index (χ2v) is 5.42. The summed E-state index contributed by atoms with van der Waals surface area (Å²) in [6, 6.07) is 6.10. The zero-order valence-corrected chi connectivity index (χ0v) is 12.3. The number of aromatic nitrogens is 2. The number of benzene rings is 1. The number of aryl methyl sites for hydroxylation is 1. The highest BCUT2D eigenvalue weighted by atomic mass is 32.2. The molecular weight excluding hydrogens is 290 g/mol. The maximum absolute atomic E-state index is 10.6. The van der Waals surface area contributed by atoms with E-state index in [2.05, 4.69) is 10.2 Å². The van der Waals surface area contributed by atoms with E-state index < -0.39 is 4.92 Å². The van der Waals surface area contributed by atoms with Crippen molar-refractivity contribution in [2.75, 3.05) is 0 Å². The molecule has 0 aliphatic carbocycles. The van der Waals surface area contributed by atoms with E-state index in [0.717, 1.165) is 10.5 Å². The lowest BCUT2D eigenvalue weighted by molar-refractivity contribution is -0.384. The Hall–Kier alpha value is -2.48. The fourth-order valence-corrected chi connectivity index (χ4v) is 2.67. The molecule has 0 atom stereocenters. The van der Waals surface area contributed by atoms with Crippen molar-refractivity contribution >= 4 is 23.3 Å². The number of amidine groups is 1. The quantitative estimate of drug-likeness (QED) is 0.387. The average molecular weight is 303 g/mol. The van der Waals surface area contributed by atoms with Crippen LogP contribution in [-0.4, -0.2) is 21.0 Å². The summed E-state index contributed by atoms with van der Waals surface area (Å²) in [7, 11) is 0.